The average Bonchev–Trinajstić information content (AvgIpc) is 3.26. The molecule has 0 atom stereocenters. The topological polar surface area (TPSA) is 71.5 Å². The Kier molecular flexibility index (Phi) is 7.62. The number of hydrogen-bond acceptors (Lipinski definition) is 7. The summed E-state index contributed by atoms with van der Waals surface area (Å²) in [4.78, 5) is 30.2. The van der Waals surface area contributed by atoms with Crippen molar-refractivity contribution in [2.24, 2.45) is 0 Å². The molecule has 1 aliphatic heterocycles. The Morgan fingerprint density at radius 1 is 1.09 bits per heavy atom. The van der Waals surface area contributed by atoms with Gasteiger partial charge in [0.05, 0.1) is 28.9 Å². The van der Waals surface area contributed by atoms with Crippen LogP contribution in [0.1, 0.15) is 16.8 Å². The summed E-state index contributed by atoms with van der Waals surface area (Å²) in [6.45, 7) is 4.28. The van der Waals surface area contributed by atoms with Gasteiger partial charge in [-0.25, -0.2) is 13.8 Å². The number of morpholine rings is 1. The number of anilines is 1. The number of halogens is 3. The van der Waals surface area contributed by atoms with Crippen LogP contribution in [0.3, 0.4) is 0 Å². The van der Waals surface area contributed by atoms with Crippen molar-refractivity contribution in [2.75, 3.05) is 44.3 Å². The van der Waals surface area contributed by atoms with Crippen molar-refractivity contribution >= 4 is 56.0 Å². The van der Waals surface area contributed by atoms with E-state index in [1.54, 1.807) is 35.5 Å². The van der Waals surface area contributed by atoms with Gasteiger partial charge in [0.15, 0.2) is 10.9 Å². The lowest BCUT2D eigenvalue weighted by atomic mass is 10.1. The standard InChI is InChI=1S/C23H21F2N5O2S.ClH/c24-16-13-17(25)21-20(14-16)33-23(28-21)30(7-1-6-29-8-10-32-11-9-29)22(31)15-2-3-18-19(12-15)27-5-4-26-18;/h2-5,12-14H,1,6-11H2;1H. The Morgan fingerprint density at radius 2 is 1.85 bits per heavy atom. The molecule has 4 aromatic rings. The van der Waals surface area contributed by atoms with Crippen molar-refractivity contribution in [1.82, 2.24) is 19.9 Å². The van der Waals surface area contributed by atoms with Gasteiger partial charge < -0.3 is 4.74 Å². The van der Waals surface area contributed by atoms with Crippen molar-refractivity contribution < 1.29 is 18.3 Å². The molecule has 0 saturated carbocycles. The van der Waals surface area contributed by atoms with E-state index in [-0.39, 0.29) is 23.8 Å². The van der Waals surface area contributed by atoms with Crippen LogP contribution >= 0.6 is 23.7 Å². The Balaban J connectivity index is 0.00000274. The van der Waals surface area contributed by atoms with Gasteiger partial charge in [-0.05, 0) is 30.7 Å². The van der Waals surface area contributed by atoms with Crippen LogP contribution in [0.4, 0.5) is 13.9 Å². The highest BCUT2D eigenvalue weighted by atomic mass is 35.5. The zero-order valence-electron chi connectivity index (χ0n) is 18.1. The second-order valence-electron chi connectivity index (χ2n) is 7.75. The largest absolute Gasteiger partial charge is 0.379 e. The van der Waals surface area contributed by atoms with Crippen LogP contribution in [-0.2, 0) is 4.74 Å². The molecule has 1 saturated heterocycles. The van der Waals surface area contributed by atoms with Crippen LogP contribution in [0.2, 0.25) is 0 Å². The quantitative estimate of drug-likeness (QED) is 0.389. The number of nitrogens with zero attached hydrogens (tertiary/aromatic N) is 5. The molecule has 0 aliphatic carbocycles. The van der Waals surface area contributed by atoms with E-state index in [0.29, 0.717) is 52.6 Å². The van der Waals surface area contributed by atoms with Gasteiger partial charge in [-0.15, -0.1) is 12.4 Å². The van der Waals surface area contributed by atoms with Crippen LogP contribution in [0.5, 0.6) is 0 Å². The maximum absolute atomic E-state index is 14.3. The lowest BCUT2D eigenvalue weighted by Gasteiger charge is -2.27. The SMILES string of the molecule is Cl.O=C(c1ccc2nccnc2c1)N(CCCN1CCOCC1)c1nc2c(F)cc(F)cc2s1. The normalized spacial score (nSPS) is 14.3. The molecule has 0 bridgehead atoms. The zero-order chi connectivity index (χ0) is 22.8. The maximum Gasteiger partial charge on any atom is 0.260 e. The second-order valence-corrected chi connectivity index (χ2v) is 8.76. The van der Waals surface area contributed by atoms with Gasteiger partial charge in [-0.2, -0.15) is 0 Å². The minimum absolute atomic E-state index is 0. The monoisotopic (exact) mass is 505 g/mol. The smallest absolute Gasteiger partial charge is 0.260 e. The first-order chi connectivity index (χ1) is 16.1. The van der Waals surface area contributed by atoms with E-state index in [2.05, 4.69) is 19.9 Å². The van der Waals surface area contributed by atoms with Crippen LogP contribution in [0.25, 0.3) is 21.3 Å². The second kappa shape index (κ2) is 10.6. The average molecular weight is 506 g/mol. The molecule has 34 heavy (non-hydrogen) atoms. The lowest BCUT2D eigenvalue weighted by Crippen LogP contribution is -2.39. The highest BCUT2D eigenvalue weighted by Gasteiger charge is 2.23. The molecule has 1 aliphatic rings. The fourth-order valence-corrected chi connectivity index (χ4v) is 4.90. The summed E-state index contributed by atoms with van der Waals surface area (Å²) in [5.74, 6) is -1.69. The molecule has 11 heteroatoms. The molecule has 2 aromatic heterocycles. The van der Waals surface area contributed by atoms with Crippen LogP contribution < -0.4 is 4.90 Å². The first-order valence-electron chi connectivity index (χ1n) is 10.7. The van der Waals surface area contributed by atoms with Crippen molar-refractivity contribution in [2.45, 2.75) is 6.42 Å². The predicted molar refractivity (Wildman–Crippen MR) is 130 cm³/mol. The third kappa shape index (κ3) is 5.15. The summed E-state index contributed by atoms with van der Waals surface area (Å²) in [6, 6.07) is 7.17. The number of rotatable bonds is 6. The van der Waals surface area contributed by atoms with Gasteiger partial charge in [0.1, 0.15) is 11.3 Å². The van der Waals surface area contributed by atoms with Crippen LogP contribution in [0.15, 0.2) is 42.7 Å². The van der Waals surface area contributed by atoms with Crippen LogP contribution in [-0.4, -0.2) is 65.2 Å². The van der Waals surface area contributed by atoms with E-state index < -0.39 is 11.6 Å². The van der Waals surface area contributed by atoms with E-state index in [1.807, 2.05) is 0 Å². The number of benzene rings is 2. The number of hydrogen-bond donors (Lipinski definition) is 0. The Morgan fingerprint density at radius 3 is 2.65 bits per heavy atom. The lowest BCUT2D eigenvalue weighted by molar-refractivity contribution is 0.0376. The van der Waals surface area contributed by atoms with E-state index in [9.17, 15) is 13.6 Å². The molecule has 0 radical (unpaired) electrons. The molecular weight excluding hydrogens is 484 g/mol. The predicted octanol–water partition coefficient (Wildman–Crippen LogP) is 4.31. The molecule has 1 amide bonds. The number of aromatic nitrogens is 3. The Bertz CT molecular complexity index is 1320. The highest BCUT2D eigenvalue weighted by Crippen LogP contribution is 2.32. The summed E-state index contributed by atoms with van der Waals surface area (Å²) < 4.78 is 33.8. The number of carbonyl (C=O) groups excluding carboxylic acids is 1. The number of carbonyl (C=O) groups is 1. The molecular formula is C23H22ClF2N5O2S. The van der Waals surface area contributed by atoms with Crippen molar-refractivity contribution in [3.63, 3.8) is 0 Å². The fraction of sp³-hybridized carbons (Fsp3) is 0.304. The zero-order valence-corrected chi connectivity index (χ0v) is 19.7. The Labute approximate surface area is 204 Å². The van der Waals surface area contributed by atoms with Crippen molar-refractivity contribution in [1.29, 1.82) is 0 Å². The first kappa shape index (κ1) is 24.3. The number of fused-ring (bicyclic) bond motifs is 2. The summed E-state index contributed by atoms with van der Waals surface area (Å²) in [5.41, 5.74) is 1.78. The van der Waals surface area contributed by atoms with Gasteiger partial charge in [0.25, 0.3) is 5.91 Å². The van der Waals surface area contributed by atoms with E-state index in [1.165, 1.54) is 6.07 Å². The van der Waals surface area contributed by atoms with Gasteiger partial charge in [-0.1, -0.05) is 11.3 Å². The van der Waals surface area contributed by atoms with E-state index in [0.717, 1.165) is 37.0 Å². The number of amides is 1. The number of ether oxygens (including phenoxy) is 1. The van der Waals surface area contributed by atoms with Crippen molar-refractivity contribution in [3.8, 4) is 0 Å². The molecule has 0 unspecified atom stereocenters. The summed E-state index contributed by atoms with van der Waals surface area (Å²) in [6.07, 6.45) is 3.87. The summed E-state index contributed by atoms with van der Waals surface area (Å²) in [7, 11) is 0. The molecule has 0 spiro atoms. The molecule has 0 N–H and O–H groups in total. The van der Waals surface area contributed by atoms with Gasteiger partial charge in [-0.3, -0.25) is 24.6 Å². The van der Waals surface area contributed by atoms with Gasteiger partial charge in [0.2, 0.25) is 0 Å². The first-order valence-corrected chi connectivity index (χ1v) is 11.5. The maximum atomic E-state index is 14.3. The Hall–Kier alpha value is -2.79. The molecule has 5 rings (SSSR count). The van der Waals surface area contributed by atoms with Crippen molar-refractivity contribution in [3.05, 3.63) is 59.9 Å². The molecule has 3 heterocycles. The molecule has 178 valence electrons. The van der Waals surface area contributed by atoms with E-state index >= 15 is 0 Å². The minimum Gasteiger partial charge on any atom is -0.379 e. The molecule has 2 aromatic carbocycles. The summed E-state index contributed by atoms with van der Waals surface area (Å²) >= 11 is 1.10. The van der Waals surface area contributed by atoms with Gasteiger partial charge in [0, 0.05) is 50.2 Å². The van der Waals surface area contributed by atoms with Gasteiger partial charge >= 0.3 is 0 Å². The number of thiazole rings is 1. The molecule has 1 fully saturated rings. The fourth-order valence-electron chi connectivity index (χ4n) is 3.87. The summed E-state index contributed by atoms with van der Waals surface area (Å²) in [5, 5.41) is 0.334. The third-order valence-electron chi connectivity index (χ3n) is 5.55. The van der Waals surface area contributed by atoms with Crippen LogP contribution in [0, 0.1) is 11.6 Å². The highest BCUT2D eigenvalue weighted by molar-refractivity contribution is 7.22. The minimum atomic E-state index is -0.741. The molecule has 7 nitrogen and oxygen atoms in total. The third-order valence-corrected chi connectivity index (χ3v) is 6.58. The van der Waals surface area contributed by atoms with E-state index in [4.69, 9.17) is 4.74 Å².